The van der Waals surface area contributed by atoms with Crippen LogP contribution in [0.1, 0.15) is 39.7 Å². The lowest BCUT2D eigenvalue weighted by Gasteiger charge is -2.27. The quantitative estimate of drug-likeness (QED) is 0.737. The van der Waals surface area contributed by atoms with Gasteiger partial charge in [0.05, 0.1) is 4.90 Å². The molecule has 0 aliphatic carbocycles. The standard InChI is InChI=1S/C16H23N3O2S3/c1-5-12(2)22-16(3,4)10-13-6-8-14(9-7-13)24(20,21)19-15-17-11-18-23-15/h6-9,11-12H,5,10H2,1-4H3,(H,17,18,19). The molecule has 24 heavy (non-hydrogen) atoms. The highest BCUT2D eigenvalue weighted by Crippen LogP contribution is 2.33. The van der Waals surface area contributed by atoms with Crippen molar-refractivity contribution in [2.75, 3.05) is 4.72 Å². The second-order valence-electron chi connectivity index (χ2n) is 6.27. The monoisotopic (exact) mass is 385 g/mol. The number of sulfonamides is 1. The highest BCUT2D eigenvalue weighted by atomic mass is 32.2. The van der Waals surface area contributed by atoms with Gasteiger partial charge >= 0.3 is 0 Å². The largest absolute Gasteiger partial charge is 0.263 e. The number of hydrogen-bond donors (Lipinski definition) is 1. The Morgan fingerprint density at radius 2 is 1.96 bits per heavy atom. The van der Waals surface area contributed by atoms with Gasteiger partial charge in [0.1, 0.15) is 6.33 Å². The Bertz CT molecular complexity index is 741. The van der Waals surface area contributed by atoms with Crippen LogP contribution in [-0.2, 0) is 16.4 Å². The molecule has 0 fully saturated rings. The first-order valence-electron chi connectivity index (χ1n) is 7.78. The third-order valence-corrected chi connectivity index (χ3v) is 7.12. The van der Waals surface area contributed by atoms with Crippen LogP contribution in [0.4, 0.5) is 5.13 Å². The fraction of sp³-hybridized carbons (Fsp3) is 0.500. The molecular weight excluding hydrogens is 362 g/mol. The molecular formula is C16H23N3O2S3. The maximum Gasteiger partial charge on any atom is 0.263 e. The van der Waals surface area contributed by atoms with Crippen molar-refractivity contribution < 1.29 is 8.42 Å². The highest BCUT2D eigenvalue weighted by molar-refractivity contribution is 8.01. The third kappa shape index (κ3) is 5.46. The van der Waals surface area contributed by atoms with E-state index >= 15 is 0 Å². The average molecular weight is 386 g/mol. The van der Waals surface area contributed by atoms with Gasteiger partial charge in [0, 0.05) is 21.5 Å². The molecule has 0 radical (unpaired) electrons. The molecule has 0 aliphatic heterocycles. The minimum absolute atomic E-state index is 0.112. The van der Waals surface area contributed by atoms with Crippen LogP contribution in [0.25, 0.3) is 0 Å². The lowest BCUT2D eigenvalue weighted by Crippen LogP contribution is -2.21. The molecule has 0 amide bonds. The minimum Gasteiger partial charge on any atom is -0.253 e. The van der Waals surface area contributed by atoms with Crippen molar-refractivity contribution in [3.8, 4) is 0 Å². The summed E-state index contributed by atoms with van der Waals surface area (Å²) in [6.07, 6.45) is 3.36. The van der Waals surface area contributed by atoms with Crippen LogP contribution in [0.3, 0.4) is 0 Å². The van der Waals surface area contributed by atoms with Gasteiger partial charge < -0.3 is 0 Å². The summed E-state index contributed by atoms with van der Waals surface area (Å²) in [4.78, 5) is 4.07. The van der Waals surface area contributed by atoms with Crippen molar-refractivity contribution in [1.82, 2.24) is 9.36 Å². The van der Waals surface area contributed by atoms with Gasteiger partial charge in [0.2, 0.25) is 5.13 Å². The maximum absolute atomic E-state index is 12.3. The Morgan fingerprint density at radius 3 is 2.50 bits per heavy atom. The van der Waals surface area contributed by atoms with Gasteiger partial charge in [-0.15, -0.1) is 0 Å². The van der Waals surface area contributed by atoms with Crippen molar-refractivity contribution in [1.29, 1.82) is 0 Å². The predicted molar refractivity (Wildman–Crippen MR) is 102 cm³/mol. The third-order valence-electron chi connectivity index (χ3n) is 3.54. The van der Waals surface area contributed by atoms with Crippen LogP contribution < -0.4 is 4.72 Å². The molecule has 1 heterocycles. The second-order valence-corrected chi connectivity index (χ2v) is 10.9. The van der Waals surface area contributed by atoms with Crippen molar-refractivity contribution in [2.24, 2.45) is 0 Å². The normalized spacial score (nSPS) is 13.7. The van der Waals surface area contributed by atoms with E-state index in [2.05, 4.69) is 41.8 Å². The van der Waals surface area contributed by atoms with Crippen molar-refractivity contribution in [2.45, 2.75) is 55.4 Å². The molecule has 8 heteroatoms. The zero-order valence-corrected chi connectivity index (χ0v) is 16.8. The summed E-state index contributed by atoms with van der Waals surface area (Å²) < 4.78 is 30.9. The van der Waals surface area contributed by atoms with Crippen LogP contribution in [0.2, 0.25) is 0 Å². The Hall–Kier alpha value is -1.12. The molecule has 1 unspecified atom stereocenters. The summed E-state index contributed by atoms with van der Waals surface area (Å²) in [5.41, 5.74) is 1.13. The van der Waals surface area contributed by atoms with Crippen molar-refractivity contribution >= 4 is 38.4 Å². The first kappa shape index (κ1) is 19.2. The van der Waals surface area contributed by atoms with Crippen LogP contribution in [-0.4, -0.2) is 27.8 Å². The van der Waals surface area contributed by atoms with Gasteiger partial charge in [-0.1, -0.05) is 39.8 Å². The van der Waals surface area contributed by atoms with Crippen molar-refractivity contribution in [3.63, 3.8) is 0 Å². The molecule has 0 saturated carbocycles. The SMILES string of the molecule is CCC(C)SC(C)(C)Cc1ccc(S(=O)(=O)Nc2ncns2)cc1. The molecule has 132 valence electrons. The fourth-order valence-corrected chi connectivity index (χ4v) is 5.51. The Morgan fingerprint density at radius 1 is 1.29 bits per heavy atom. The number of benzene rings is 1. The summed E-state index contributed by atoms with van der Waals surface area (Å²) in [5, 5.41) is 0.876. The van der Waals surface area contributed by atoms with Gasteiger partial charge in [0.25, 0.3) is 10.0 Å². The Balaban J connectivity index is 2.07. The summed E-state index contributed by atoms with van der Waals surface area (Å²) in [7, 11) is -3.61. The summed E-state index contributed by atoms with van der Waals surface area (Å²) >= 11 is 2.97. The van der Waals surface area contributed by atoms with E-state index in [4.69, 9.17) is 0 Å². The smallest absolute Gasteiger partial charge is 0.253 e. The van der Waals surface area contributed by atoms with E-state index in [0.717, 1.165) is 29.9 Å². The molecule has 2 rings (SSSR count). The van der Waals surface area contributed by atoms with E-state index in [0.29, 0.717) is 5.25 Å². The Kier molecular flexibility index (Phi) is 6.28. The molecule has 1 aromatic carbocycles. The number of thioether (sulfide) groups is 1. The first-order chi connectivity index (χ1) is 11.2. The van der Waals surface area contributed by atoms with E-state index in [1.807, 2.05) is 23.9 Å². The summed E-state index contributed by atoms with van der Waals surface area (Å²) in [6, 6.07) is 7.05. The lowest BCUT2D eigenvalue weighted by atomic mass is 10.0. The van der Waals surface area contributed by atoms with E-state index < -0.39 is 10.0 Å². The molecule has 5 nitrogen and oxygen atoms in total. The van der Waals surface area contributed by atoms with Gasteiger partial charge in [-0.2, -0.15) is 16.1 Å². The topological polar surface area (TPSA) is 72.0 Å². The maximum atomic E-state index is 12.3. The fourth-order valence-electron chi connectivity index (χ4n) is 2.34. The number of anilines is 1. The summed E-state index contributed by atoms with van der Waals surface area (Å²) in [5.74, 6) is 0. The van der Waals surface area contributed by atoms with Gasteiger partial charge in [-0.05, 0) is 30.5 Å². The van der Waals surface area contributed by atoms with Crippen LogP contribution in [0.5, 0.6) is 0 Å². The molecule has 0 aliphatic rings. The van der Waals surface area contributed by atoms with Crippen LogP contribution >= 0.6 is 23.3 Å². The van der Waals surface area contributed by atoms with Gasteiger partial charge in [-0.3, -0.25) is 4.72 Å². The van der Waals surface area contributed by atoms with E-state index in [-0.39, 0.29) is 14.8 Å². The van der Waals surface area contributed by atoms with Gasteiger partial charge in [0.15, 0.2) is 0 Å². The van der Waals surface area contributed by atoms with E-state index in [9.17, 15) is 8.42 Å². The molecule has 0 saturated heterocycles. The molecule has 2 aromatic rings. The number of rotatable bonds is 8. The molecule has 1 N–H and O–H groups in total. The average Bonchev–Trinajstić information content (AvgIpc) is 2.99. The first-order valence-corrected chi connectivity index (χ1v) is 10.9. The van der Waals surface area contributed by atoms with E-state index in [1.54, 1.807) is 12.1 Å². The van der Waals surface area contributed by atoms with Crippen LogP contribution in [0.15, 0.2) is 35.5 Å². The van der Waals surface area contributed by atoms with Crippen molar-refractivity contribution in [3.05, 3.63) is 36.2 Å². The van der Waals surface area contributed by atoms with E-state index in [1.165, 1.54) is 6.33 Å². The zero-order chi connectivity index (χ0) is 17.8. The lowest BCUT2D eigenvalue weighted by molar-refractivity contribution is 0.601. The molecule has 1 atom stereocenters. The highest BCUT2D eigenvalue weighted by Gasteiger charge is 2.22. The predicted octanol–water partition coefficient (Wildman–Crippen LogP) is 4.19. The van der Waals surface area contributed by atoms with Crippen LogP contribution in [0, 0.1) is 0 Å². The zero-order valence-electron chi connectivity index (χ0n) is 14.3. The minimum atomic E-state index is -3.61. The van der Waals surface area contributed by atoms with Gasteiger partial charge in [-0.25, -0.2) is 13.4 Å². The molecule has 0 bridgehead atoms. The second kappa shape index (κ2) is 7.84. The molecule has 1 aromatic heterocycles. The number of nitrogens with zero attached hydrogens (tertiary/aromatic N) is 2. The number of nitrogens with one attached hydrogen (secondary N) is 1. The number of hydrogen-bond acceptors (Lipinski definition) is 6. The Labute approximate surface area is 152 Å². The summed E-state index contributed by atoms with van der Waals surface area (Å²) in [6.45, 7) is 8.89. The number of aromatic nitrogens is 2. The molecule has 0 spiro atoms.